The van der Waals surface area contributed by atoms with Crippen LogP contribution in [0.25, 0.3) is 0 Å². The number of carbonyl (C=O) groups excluding carboxylic acids is 2. The third-order valence-electron chi connectivity index (χ3n) is 3.74. The number of anilines is 2. The number of ether oxygens (including phenoxy) is 3. The number of hydrogen-bond acceptors (Lipinski definition) is 5. The molecule has 2 amide bonds. The van der Waals surface area contributed by atoms with E-state index >= 15 is 0 Å². The molecular weight excluding hydrogens is 324 g/mol. The van der Waals surface area contributed by atoms with Crippen LogP contribution in [0.3, 0.4) is 0 Å². The Morgan fingerprint density at radius 3 is 2.84 bits per heavy atom. The van der Waals surface area contributed by atoms with Crippen molar-refractivity contribution in [2.24, 2.45) is 0 Å². The van der Waals surface area contributed by atoms with Crippen LogP contribution < -0.4 is 24.4 Å². The molecule has 1 heterocycles. The Kier molecular flexibility index (Phi) is 4.74. The molecule has 2 aromatic rings. The molecule has 1 aliphatic rings. The fourth-order valence-electron chi connectivity index (χ4n) is 2.39. The highest BCUT2D eigenvalue weighted by atomic mass is 16.5. The Bertz CT molecular complexity index is 806. The van der Waals surface area contributed by atoms with Gasteiger partial charge in [-0.1, -0.05) is 6.07 Å². The molecule has 0 saturated carbocycles. The van der Waals surface area contributed by atoms with Crippen molar-refractivity contribution in [3.05, 3.63) is 42.5 Å². The highest BCUT2D eigenvalue weighted by Gasteiger charge is 2.22. The summed E-state index contributed by atoms with van der Waals surface area (Å²) in [5.41, 5.74) is 1.17. The normalized spacial score (nSPS) is 12.9. The molecule has 2 aromatic carbocycles. The topological polar surface area (TPSA) is 77.1 Å². The first-order valence-electron chi connectivity index (χ1n) is 7.67. The Balaban J connectivity index is 1.62. The van der Waals surface area contributed by atoms with E-state index in [4.69, 9.17) is 14.2 Å². The van der Waals surface area contributed by atoms with Crippen molar-refractivity contribution >= 4 is 23.2 Å². The number of hydrogen-bond donors (Lipinski definition) is 1. The fraction of sp³-hybridized carbons (Fsp3) is 0.222. The lowest BCUT2D eigenvalue weighted by Crippen LogP contribution is -2.35. The standard InChI is InChI=1S/C18H18N2O5/c1-20-15-8-12(6-7-16(15)25-11-18(20)22)19-17(21)10-24-14-5-3-4-13(9-14)23-2/h3-9H,10-11H2,1-2H3,(H,19,21). The van der Waals surface area contributed by atoms with Gasteiger partial charge in [-0.15, -0.1) is 0 Å². The summed E-state index contributed by atoms with van der Waals surface area (Å²) in [5, 5.41) is 2.74. The van der Waals surface area contributed by atoms with Crippen molar-refractivity contribution in [2.75, 3.05) is 37.6 Å². The molecule has 7 heteroatoms. The number of nitrogens with one attached hydrogen (secondary N) is 1. The van der Waals surface area contributed by atoms with Crippen molar-refractivity contribution < 1.29 is 23.8 Å². The number of carbonyl (C=O) groups is 2. The molecule has 7 nitrogen and oxygen atoms in total. The predicted octanol–water partition coefficient (Wildman–Crippen LogP) is 2.07. The molecular formula is C18H18N2O5. The highest BCUT2D eigenvalue weighted by molar-refractivity contribution is 5.99. The van der Waals surface area contributed by atoms with Crippen LogP contribution in [0.2, 0.25) is 0 Å². The average Bonchev–Trinajstić information content (AvgIpc) is 2.63. The van der Waals surface area contributed by atoms with Crippen LogP contribution in [0.1, 0.15) is 0 Å². The number of methoxy groups -OCH3 is 1. The molecule has 1 aliphatic heterocycles. The number of rotatable bonds is 5. The van der Waals surface area contributed by atoms with Gasteiger partial charge in [-0.25, -0.2) is 0 Å². The van der Waals surface area contributed by atoms with Crippen LogP contribution in [-0.2, 0) is 9.59 Å². The summed E-state index contributed by atoms with van der Waals surface area (Å²) in [6.45, 7) is -0.126. The van der Waals surface area contributed by atoms with Crippen molar-refractivity contribution in [2.45, 2.75) is 0 Å². The van der Waals surface area contributed by atoms with Crippen molar-refractivity contribution in [3.63, 3.8) is 0 Å². The summed E-state index contributed by atoms with van der Waals surface area (Å²) < 4.78 is 15.9. The zero-order chi connectivity index (χ0) is 17.8. The summed E-state index contributed by atoms with van der Waals surface area (Å²) in [6.07, 6.45) is 0. The molecule has 0 fully saturated rings. The van der Waals surface area contributed by atoms with Crippen LogP contribution >= 0.6 is 0 Å². The van der Waals surface area contributed by atoms with E-state index in [-0.39, 0.29) is 25.0 Å². The molecule has 0 bridgehead atoms. The second kappa shape index (κ2) is 7.12. The Morgan fingerprint density at radius 2 is 2.04 bits per heavy atom. The Hall–Kier alpha value is -3.22. The molecule has 0 aliphatic carbocycles. The summed E-state index contributed by atoms with van der Waals surface area (Å²) in [4.78, 5) is 25.3. The number of nitrogens with zero attached hydrogens (tertiary/aromatic N) is 1. The average molecular weight is 342 g/mol. The molecule has 0 spiro atoms. The zero-order valence-corrected chi connectivity index (χ0v) is 13.9. The molecule has 3 rings (SSSR count). The third-order valence-corrected chi connectivity index (χ3v) is 3.74. The van der Waals surface area contributed by atoms with Gasteiger partial charge in [0.25, 0.3) is 11.8 Å². The van der Waals surface area contributed by atoms with Crippen molar-refractivity contribution in [1.82, 2.24) is 0 Å². The number of likely N-dealkylation sites (N-methyl/N-ethyl adjacent to an activating group) is 1. The molecule has 1 N–H and O–H groups in total. The van der Waals surface area contributed by atoms with Gasteiger partial charge in [0.05, 0.1) is 12.8 Å². The van der Waals surface area contributed by atoms with Gasteiger partial charge >= 0.3 is 0 Å². The van der Waals surface area contributed by atoms with Crippen molar-refractivity contribution in [1.29, 1.82) is 0 Å². The molecule has 0 unspecified atom stereocenters. The maximum absolute atomic E-state index is 12.1. The molecule has 25 heavy (non-hydrogen) atoms. The van der Waals surface area contributed by atoms with Crippen LogP contribution in [0.4, 0.5) is 11.4 Å². The maximum Gasteiger partial charge on any atom is 0.264 e. The maximum atomic E-state index is 12.1. The quantitative estimate of drug-likeness (QED) is 0.900. The van der Waals surface area contributed by atoms with E-state index in [0.717, 1.165) is 0 Å². The van der Waals surface area contributed by atoms with Crippen LogP contribution in [0.15, 0.2) is 42.5 Å². The predicted molar refractivity (Wildman–Crippen MR) is 92.5 cm³/mol. The second-order valence-electron chi connectivity index (χ2n) is 5.44. The van der Waals surface area contributed by atoms with Crippen LogP contribution in [-0.4, -0.2) is 39.2 Å². The minimum absolute atomic E-state index is 0.0174. The molecule has 130 valence electrons. The molecule has 0 aromatic heterocycles. The highest BCUT2D eigenvalue weighted by Crippen LogP contribution is 2.33. The molecule has 0 saturated heterocycles. The third kappa shape index (κ3) is 3.82. The van der Waals surface area contributed by atoms with Gasteiger partial charge in [-0.05, 0) is 30.3 Å². The first-order valence-corrected chi connectivity index (χ1v) is 7.67. The van der Waals surface area contributed by atoms with Gasteiger partial charge < -0.3 is 24.4 Å². The van der Waals surface area contributed by atoms with Crippen LogP contribution in [0.5, 0.6) is 17.2 Å². The van der Waals surface area contributed by atoms with E-state index in [2.05, 4.69) is 5.32 Å². The molecule has 0 radical (unpaired) electrons. The summed E-state index contributed by atoms with van der Waals surface area (Å²) in [7, 11) is 3.23. The lowest BCUT2D eigenvalue weighted by molar-refractivity contribution is -0.121. The van der Waals surface area contributed by atoms with E-state index in [9.17, 15) is 9.59 Å². The fourth-order valence-corrected chi connectivity index (χ4v) is 2.39. The number of fused-ring (bicyclic) bond motifs is 1. The van der Waals surface area contributed by atoms with E-state index in [1.807, 2.05) is 0 Å². The first kappa shape index (κ1) is 16.6. The zero-order valence-electron chi connectivity index (χ0n) is 13.9. The van der Waals surface area contributed by atoms with Crippen LogP contribution in [0, 0.1) is 0 Å². The van der Waals surface area contributed by atoms with Gasteiger partial charge in [-0.3, -0.25) is 9.59 Å². The Labute approximate surface area is 145 Å². The minimum atomic E-state index is -0.312. The van der Waals surface area contributed by atoms with Gasteiger partial charge in [0, 0.05) is 18.8 Å². The minimum Gasteiger partial charge on any atom is -0.497 e. The summed E-state index contributed by atoms with van der Waals surface area (Å²) in [6, 6.07) is 12.1. The van der Waals surface area contributed by atoms with Gasteiger partial charge in [0.1, 0.15) is 17.2 Å². The lowest BCUT2D eigenvalue weighted by Gasteiger charge is -2.26. The second-order valence-corrected chi connectivity index (χ2v) is 5.44. The Morgan fingerprint density at radius 1 is 1.24 bits per heavy atom. The SMILES string of the molecule is COc1cccc(OCC(=O)Nc2ccc3c(c2)N(C)C(=O)CO3)c1. The van der Waals surface area contributed by atoms with Gasteiger partial charge in [0.15, 0.2) is 13.2 Å². The van der Waals surface area contributed by atoms with Gasteiger partial charge in [-0.2, -0.15) is 0 Å². The largest absolute Gasteiger partial charge is 0.497 e. The first-order chi connectivity index (χ1) is 12.1. The van der Waals surface area contributed by atoms with E-state index in [0.29, 0.717) is 28.6 Å². The summed E-state index contributed by atoms with van der Waals surface area (Å²) >= 11 is 0. The van der Waals surface area contributed by atoms with E-state index in [1.165, 1.54) is 4.90 Å². The lowest BCUT2D eigenvalue weighted by atomic mass is 10.2. The van der Waals surface area contributed by atoms with E-state index < -0.39 is 0 Å². The smallest absolute Gasteiger partial charge is 0.264 e. The van der Waals surface area contributed by atoms with Gasteiger partial charge in [0.2, 0.25) is 0 Å². The number of amides is 2. The number of benzene rings is 2. The van der Waals surface area contributed by atoms with Crippen molar-refractivity contribution in [3.8, 4) is 17.2 Å². The summed E-state index contributed by atoms with van der Waals surface area (Å²) in [5.74, 6) is 1.34. The molecule has 0 atom stereocenters. The van der Waals surface area contributed by atoms with E-state index in [1.54, 1.807) is 56.6 Å². The monoisotopic (exact) mass is 342 g/mol.